The monoisotopic (exact) mass is 226 g/mol. The summed E-state index contributed by atoms with van der Waals surface area (Å²) in [5.74, 6) is -1.07. The third-order valence-electron chi connectivity index (χ3n) is 2.26. The first-order valence-corrected chi connectivity index (χ1v) is 5.12. The first-order valence-electron chi connectivity index (χ1n) is 5.12. The van der Waals surface area contributed by atoms with E-state index < -0.39 is 11.6 Å². The second-order valence-electron chi connectivity index (χ2n) is 3.41. The van der Waals surface area contributed by atoms with Gasteiger partial charge in [0.1, 0.15) is 5.82 Å². The highest BCUT2D eigenvalue weighted by molar-refractivity contribution is 5.75. The van der Waals surface area contributed by atoms with Gasteiger partial charge in [-0.1, -0.05) is 0 Å². The van der Waals surface area contributed by atoms with E-state index in [1.807, 2.05) is 6.92 Å². The lowest BCUT2D eigenvalue weighted by Gasteiger charge is -1.96. The number of H-pyrrole nitrogens is 1. The molecular weight excluding hydrogens is 214 g/mol. The smallest absolute Gasteiger partial charge is 0.161 e. The van der Waals surface area contributed by atoms with Crippen molar-refractivity contribution in [3.63, 3.8) is 0 Å². The van der Waals surface area contributed by atoms with Gasteiger partial charge in [0, 0.05) is 25.2 Å². The Balaban J connectivity index is 2.23. The number of nitrogens with one attached hydrogen (secondary N) is 1. The molecular formula is C11H12F2N2O. The molecule has 3 nitrogen and oxygen atoms in total. The zero-order chi connectivity index (χ0) is 11.5. The summed E-state index contributed by atoms with van der Waals surface area (Å²) in [7, 11) is 0. The van der Waals surface area contributed by atoms with E-state index in [1.165, 1.54) is 0 Å². The fourth-order valence-corrected chi connectivity index (χ4v) is 1.49. The highest BCUT2D eigenvalue weighted by Crippen LogP contribution is 2.16. The van der Waals surface area contributed by atoms with Gasteiger partial charge in [-0.25, -0.2) is 13.8 Å². The van der Waals surface area contributed by atoms with Crippen LogP contribution >= 0.6 is 0 Å². The molecule has 0 aliphatic carbocycles. The molecule has 1 aromatic carbocycles. The number of imidazole rings is 1. The van der Waals surface area contributed by atoms with E-state index in [4.69, 9.17) is 4.74 Å². The minimum absolute atomic E-state index is 0.436. The predicted octanol–water partition coefficient (Wildman–Crippen LogP) is 2.42. The van der Waals surface area contributed by atoms with Crippen LogP contribution in [0.15, 0.2) is 12.1 Å². The molecule has 0 atom stereocenters. The molecule has 0 spiro atoms. The summed E-state index contributed by atoms with van der Waals surface area (Å²) in [5, 5.41) is 0. The van der Waals surface area contributed by atoms with Gasteiger partial charge in [0.15, 0.2) is 11.6 Å². The van der Waals surface area contributed by atoms with Crippen molar-refractivity contribution in [2.45, 2.75) is 13.3 Å². The lowest BCUT2D eigenvalue weighted by molar-refractivity contribution is 0.149. The molecule has 0 amide bonds. The molecule has 0 fully saturated rings. The minimum Gasteiger partial charge on any atom is -0.381 e. The number of fused-ring (bicyclic) bond motifs is 1. The number of benzene rings is 1. The van der Waals surface area contributed by atoms with Gasteiger partial charge in [-0.3, -0.25) is 0 Å². The Morgan fingerprint density at radius 2 is 2.06 bits per heavy atom. The topological polar surface area (TPSA) is 37.9 Å². The second kappa shape index (κ2) is 4.57. The molecule has 1 aromatic heterocycles. The average Bonchev–Trinajstić information content (AvgIpc) is 2.61. The van der Waals surface area contributed by atoms with Gasteiger partial charge in [-0.05, 0) is 6.92 Å². The zero-order valence-electron chi connectivity index (χ0n) is 8.89. The van der Waals surface area contributed by atoms with E-state index in [-0.39, 0.29) is 0 Å². The molecule has 0 saturated carbocycles. The maximum atomic E-state index is 12.9. The van der Waals surface area contributed by atoms with E-state index in [0.717, 1.165) is 12.1 Å². The molecule has 0 radical (unpaired) electrons. The zero-order valence-corrected chi connectivity index (χ0v) is 8.89. The van der Waals surface area contributed by atoms with Crippen molar-refractivity contribution >= 4 is 11.0 Å². The molecule has 1 N–H and O–H groups in total. The standard InChI is InChI=1S/C11H12F2N2O/c1-2-16-4-3-11-14-9-5-7(12)8(13)6-10(9)15-11/h5-6H,2-4H2,1H3,(H,14,15). The quantitative estimate of drug-likeness (QED) is 0.813. The van der Waals surface area contributed by atoms with Crippen LogP contribution in [0.25, 0.3) is 11.0 Å². The van der Waals surface area contributed by atoms with Gasteiger partial charge in [0.2, 0.25) is 0 Å². The Morgan fingerprint density at radius 1 is 1.31 bits per heavy atom. The van der Waals surface area contributed by atoms with Crippen molar-refractivity contribution in [3.8, 4) is 0 Å². The number of hydrogen-bond acceptors (Lipinski definition) is 2. The Hall–Kier alpha value is -1.49. The Labute approximate surface area is 91.4 Å². The molecule has 2 aromatic rings. The lowest BCUT2D eigenvalue weighted by Crippen LogP contribution is -1.99. The number of aromatic amines is 1. The number of halogens is 2. The fourth-order valence-electron chi connectivity index (χ4n) is 1.49. The van der Waals surface area contributed by atoms with E-state index in [9.17, 15) is 8.78 Å². The van der Waals surface area contributed by atoms with Crippen LogP contribution in [0.3, 0.4) is 0 Å². The van der Waals surface area contributed by atoms with Crippen molar-refractivity contribution < 1.29 is 13.5 Å². The van der Waals surface area contributed by atoms with Crippen LogP contribution in [0, 0.1) is 11.6 Å². The Bertz CT molecular complexity index is 457. The second-order valence-corrected chi connectivity index (χ2v) is 3.41. The summed E-state index contributed by atoms with van der Waals surface area (Å²) < 4.78 is 31.0. The normalized spacial score (nSPS) is 11.2. The number of rotatable bonds is 4. The van der Waals surface area contributed by atoms with Gasteiger partial charge in [0.25, 0.3) is 0 Å². The molecule has 0 bridgehead atoms. The third kappa shape index (κ3) is 2.19. The van der Waals surface area contributed by atoms with E-state index >= 15 is 0 Å². The van der Waals surface area contributed by atoms with Gasteiger partial charge < -0.3 is 9.72 Å². The van der Waals surface area contributed by atoms with Crippen molar-refractivity contribution in [1.29, 1.82) is 0 Å². The molecule has 86 valence electrons. The summed E-state index contributed by atoms with van der Waals surface area (Å²) in [6.45, 7) is 3.09. The maximum Gasteiger partial charge on any atom is 0.161 e. The summed E-state index contributed by atoms with van der Waals surface area (Å²) in [6.07, 6.45) is 0.603. The molecule has 2 rings (SSSR count). The first kappa shape index (κ1) is 11.0. The van der Waals surface area contributed by atoms with Crippen LogP contribution in [0.2, 0.25) is 0 Å². The molecule has 16 heavy (non-hydrogen) atoms. The summed E-state index contributed by atoms with van der Waals surface area (Å²) in [4.78, 5) is 7.07. The molecule has 0 unspecified atom stereocenters. The third-order valence-corrected chi connectivity index (χ3v) is 2.26. The molecule has 0 aliphatic heterocycles. The van der Waals surface area contributed by atoms with Crippen molar-refractivity contribution in [3.05, 3.63) is 29.6 Å². The van der Waals surface area contributed by atoms with E-state index in [1.54, 1.807) is 0 Å². The van der Waals surface area contributed by atoms with Crippen LogP contribution in [0.1, 0.15) is 12.7 Å². The van der Waals surface area contributed by atoms with Crippen LogP contribution in [-0.2, 0) is 11.2 Å². The van der Waals surface area contributed by atoms with E-state index in [0.29, 0.717) is 36.5 Å². The number of aromatic nitrogens is 2. The summed E-state index contributed by atoms with van der Waals surface area (Å²) >= 11 is 0. The van der Waals surface area contributed by atoms with Gasteiger partial charge in [0.05, 0.1) is 17.6 Å². The number of nitrogens with zero attached hydrogens (tertiary/aromatic N) is 1. The average molecular weight is 226 g/mol. The maximum absolute atomic E-state index is 12.9. The van der Waals surface area contributed by atoms with Gasteiger partial charge >= 0.3 is 0 Å². The first-order chi connectivity index (χ1) is 7.70. The SMILES string of the molecule is CCOCCc1nc2cc(F)c(F)cc2[nH]1. The van der Waals surface area contributed by atoms with Gasteiger partial charge in [-0.2, -0.15) is 0 Å². The van der Waals surface area contributed by atoms with Gasteiger partial charge in [-0.15, -0.1) is 0 Å². The largest absolute Gasteiger partial charge is 0.381 e. The highest BCUT2D eigenvalue weighted by atomic mass is 19.2. The van der Waals surface area contributed by atoms with Crippen molar-refractivity contribution in [1.82, 2.24) is 9.97 Å². The summed E-state index contributed by atoms with van der Waals surface area (Å²) in [5.41, 5.74) is 0.941. The highest BCUT2D eigenvalue weighted by Gasteiger charge is 2.08. The lowest BCUT2D eigenvalue weighted by atomic mass is 10.3. The molecule has 0 saturated heterocycles. The van der Waals surface area contributed by atoms with Crippen LogP contribution in [0.4, 0.5) is 8.78 Å². The van der Waals surface area contributed by atoms with Crippen LogP contribution < -0.4 is 0 Å². The Kier molecular flexibility index (Phi) is 3.14. The predicted molar refractivity (Wildman–Crippen MR) is 56.2 cm³/mol. The number of hydrogen-bond donors (Lipinski definition) is 1. The fraction of sp³-hybridized carbons (Fsp3) is 0.364. The van der Waals surface area contributed by atoms with Crippen LogP contribution in [0.5, 0.6) is 0 Å². The van der Waals surface area contributed by atoms with E-state index in [2.05, 4.69) is 9.97 Å². The Morgan fingerprint density at radius 3 is 2.81 bits per heavy atom. The van der Waals surface area contributed by atoms with Crippen molar-refractivity contribution in [2.24, 2.45) is 0 Å². The molecule has 0 aliphatic rings. The van der Waals surface area contributed by atoms with Crippen LogP contribution in [-0.4, -0.2) is 23.2 Å². The molecule has 1 heterocycles. The molecule has 5 heteroatoms. The van der Waals surface area contributed by atoms with Crippen molar-refractivity contribution in [2.75, 3.05) is 13.2 Å². The minimum atomic E-state index is -0.879. The summed E-state index contributed by atoms with van der Waals surface area (Å²) in [6, 6.07) is 2.20. The number of ether oxygens (including phenoxy) is 1.